The van der Waals surface area contributed by atoms with Crippen LogP contribution < -0.4 is 4.74 Å². The van der Waals surface area contributed by atoms with E-state index in [4.69, 9.17) is 28.4 Å². The Labute approximate surface area is 313 Å². The van der Waals surface area contributed by atoms with Crippen molar-refractivity contribution in [2.24, 2.45) is 5.92 Å². The van der Waals surface area contributed by atoms with Crippen molar-refractivity contribution in [1.29, 1.82) is 0 Å². The molecule has 0 spiro atoms. The van der Waals surface area contributed by atoms with Crippen LogP contribution in [0.2, 0.25) is 0 Å². The van der Waals surface area contributed by atoms with Gasteiger partial charge in [0.15, 0.2) is 18.5 Å². The maximum Gasteiger partial charge on any atom is 0.343 e. The number of unbranched alkanes of at least 4 members (excludes halogenated alkanes) is 3. The van der Waals surface area contributed by atoms with E-state index in [2.05, 4.69) is 30.8 Å². The normalized spacial score (nSPS) is 20.1. The fourth-order valence-electron chi connectivity index (χ4n) is 7.03. The third kappa shape index (κ3) is 11.6. The third-order valence-corrected chi connectivity index (χ3v) is 9.90. The van der Waals surface area contributed by atoms with Crippen molar-refractivity contribution in [2.45, 2.75) is 103 Å². The Morgan fingerprint density at radius 2 is 1.25 bits per heavy atom. The Bertz CT molecular complexity index is 1600. The first kappa shape index (κ1) is 39.9. The number of benzene rings is 3. The summed E-state index contributed by atoms with van der Waals surface area (Å²) in [7, 11) is 0. The summed E-state index contributed by atoms with van der Waals surface area (Å²) in [5, 5.41) is 0. The molecule has 9 nitrogen and oxygen atoms in total. The lowest BCUT2D eigenvalue weighted by Gasteiger charge is -2.29. The lowest BCUT2D eigenvalue weighted by Crippen LogP contribution is -2.39. The smallest absolute Gasteiger partial charge is 0.343 e. The van der Waals surface area contributed by atoms with Crippen molar-refractivity contribution in [3.63, 3.8) is 0 Å². The number of carbonyl (C=O) groups excluding carboxylic acids is 3. The molecule has 2 fully saturated rings. The molecule has 1 aliphatic carbocycles. The second-order valence-corrected chi connectivity index (χ2v) is 14.0. The van der Waals surface area contributed by atoms with Gasteiger partial charge >= 0.3 is 17.9 Å². The minimum absolute atomic E-state index is 0.130. The van der Waals surface area contributed by atoms with Gasteiger partial charge in [-0.3, -0.25) is 0 Å². The van der Waals surface area contributed by atoms with Crippen LogP contribution in [0.25, 0.3) is 11.1 Å². The van der Waals surface area contributed by atoms with Gasteiger partial charge in [-0.05, 0) is 106 Å². The van der Waals surface area contributed by atoms with E-state index in [0.29, 0.717) is 29.4 Å². The second kappa shape index (κ2) is 20.2. The summed E-state index contributed by atoms with van der Waals surface area (Å²) >= 11 is 0. The number of carbonyl (C=O) groups is 3. The molecule has 0 amide bonds. The van der Waals surface area contributed by atoms with Crippen molar-refractivity contribution in [2.75, 3.05) is 26.4 Å². The minimum Gasteiger partial charge on any atom is -0.464 e. The molecule has 0 bridgehead atoms. The number of hydrogen-bond donors (Lipinski definition) is 0. The summed E-state index contributed by atoms with van der Waals surface area (Å²) in [6, 6.07) is 22.8. The van der Waals surface area contributed by atoms with E-state index in [1.807, 2.05) is 19.1 Å². The second-order valence-electron chi connectivity index (χ2n) is 14.0. The molecule has 1 aliphatic heterocycles. The van der Waals surface area contributed by atoms with E-state index < -0.39 is 36.4 Å². The lowest BCUT2D eigenvalue weighted by atomic mass is 9.77. The van der Waals surface area contributed by atoms with E-state index in [0.717, 1.165) is 35.6 Å². The standard InChI is InChI=1S/C44H54O9/c1-5-49-42(46)39-40(43(47)50-6-2)53-44(52-39)37-24-26-38(27-25-37)51-41(45)36-22-20-35(21-23-36)34-18-16-33(17-19-34)32-14-12-31(13-15-32)11-9-7-8-10-28-48-29-30(3)4/h16-27,31-32,39-40,44H,3,5-15,28-29H2,1-2,4H3/t31?,32?,39-,40-/m1/s1. The van der Waals surface area contributed by atoms with Gasteiger partial charge in [0.1, 0.15) is 5.75 Å². The van der Waals surface area contributed by atoms with Crippen LogP contribution in [0, 0.1) is 5.92 Å². The molecule has 9 heteroatoms. The van der Waals surface area contributed by atoms with E-state index in [-0.39, 0.29) is 13.2 Å². The molecule has 0 radical (unpaired) electrons. The minimum atomic E-state index is -1.25. The zero-order valence-electron chi connectivity index (χ0n) is 31.4. The van der Waals surface area contributed by atoms with Gasteiger partial charge in [0.25, 0.3) is 0 Å². The van der Waals surface area contributed by atoms with Gasteiger partial charge in [-0.25, -0.2) is 14.4 Å². The number of ether oxygens (including phenoxy) is 6. The molecule has 1 heterocycles. The summed E-state index contributed by atoms with van der Waals surface area (Å²) in [4.78, 5) is 37.8. The first-order chi connectivity index (χ1) is 25.7. The maximum absolute atomic E-state index is 13.0. The van der Waals surface area contributed by atoms with Crippen LogP contribution in [0.1, 0.15) is 112 Å². The highest BCUT2D eigenvalue weighted by atomic mass is 16.8. The van der Waals surface area contributed by atoms with Gasteiger partial charge in [0, 0.05) is 12.2 Å². The van der Waals surface area contributed by atoms with Gasteiger partial charge in [-0.1, -0.05) is 86.4 Å². The largest absolute Gasteiger partial charge is 0.464 e. The highest BCUT2D eigenvalue weighted by Gasteiger charge is 2.47. The Hall–Kier alpha value is -4.31. The Balaban J connectivity index is 1.06. The van der Waals surface area contributed by atoms with Crippen molar-refractivity contribution < 1.29 is 42.8 Å². The van der Waals surface area contributed by atoms with E-state index in [1.165, 1.54) is 56.9 Å². The summed E-state index contributed by atoms with van der Waals surface area (Å²) in [6.07, 6.45) is 7.98. The average molecular weight is 727 g/mol. The van der Waals surface area contributed by atoms with Gasteiger partial charge in [0.05, 0.1) is 25.4 Å². The summed E-state index contributed by atoms with van der Waals surface area (Å²) in [5.41, 5.74) is 5.60. The molecule has 0 N–H and O–H groups in total. The van der Waals surface area contributed by atoms with Crippen LogP contribution in [-0.2, 0) is 33.3 Å². The highest BCUT2D eigenvalue weighted by Crippen LogP contribution is 2.38. The van der Waals surface area contributed by atoms with Crippen molar-refractivity contribution in [3.8, 4) is 16.9 Å². The zero-order valence-corrected chi connectivity index (χ0v) is 31.4. The molecule has 2 atom stereocenters. The molecule has 2 aliphatic rings. The molecule has 284 valence electrons. The zero-order chi connectivity index (χ0) is 37.6. The monoisotopic (exact) mass is 726 g/mol. The van der Waals surface area contributed by atoms with Crippen LogP contribution >= 0.6 is 0 Å². The summed E-state index contributed by atoms with van der Waals surface area (Å²) in [5.74, 6) is -0.0929. The van der Waals surface area contributed by atoms with Gasteiger partial charge in [-0.15, -0.1) is 0 Å². The molecular formula is C44H54O9. The Morgan fingerprint density at radius 1 is 0.698 bits per heavy atom. The maximum atomic E-state index is 13.0. The van der Waals surface area contributed by atoms with E-state index in [1.54, 1.807) is 50.2 Å². The molecule has 3 aromatic carbocycles. The first-order valence-corrected chi connectivity index (χ1v) is 19.1. The fourth-order valence-corrected chi connectivity index (χ4v) is 7.03. The number of rotatable bonds is 18. The summed E-state index contributed by atoms with van der Waals surface area (Å²) in [6.45, 7) is 11.0. The lowest BCUT2D eigenvalue weighted by molar-refractivity contribution is -0.163. The molecule has 0 unspecified atom stereocenters. The van der Waals surface area contributed by atoms with Crippen molar-refractivity contribution in [3.05, 3.63) is 102 Å². The number of hydrogen-bond acceptors (Lipinski definition) is 9. The van der Waals surface area contributed by atoms with Crippen LogP contribution in [-0.4, -0.2) is 56.5 Å². The highest BCUT2D eigenvalue weighted by molar-refractivity contribution is 5.91. The topological polar surface area (TPSA) is 107 Å². The third-order valence-electron chi connectivity index (χ3n) is 9.90. The van der Waals surface area contributed by atoms with Crippen LogP contribution in [0.5, 0.6) is 5.75 Å². The summed E-state index contributed by atoms with van der Waals surface area (Å²) < 4.78 is 32.8. The molecule has 1 saturated carbocycles. The van der Waals surface area contributed by atoms with Gasteiger partial charge in [-0.2, -0.15) is 0 Å². The van der Waals surface area contributed by atoms with Crippen molar-refractivity contribution >= 4 is 17.9 Å². The number of esters is 3. The fraction of sp³-hybridized carbons (Fsp3) is 0.477. The van der Waals surface area contributed by atoms with E-state index in [9.17, 15) is 14.4 Å². The Kier molecular flexibility index (Phi) is 15.2. The van der Waals surface area contributed by atoms with E-state index >= 15 is 0 Å². The quantitative estimate of drug-likeness (QED) is 0.0549. The molecular weight excluding hydrogens is 672 g/mol. The van der Waals surface area contributed by atoms with Gasteiger partial charge < -0.3 is 28.4 Å². The first-order valence-electron chi connectivity index (χ1n) is 19.1. The SMILES string of the molecule is C=C(C)COCCCCCCC1CCC(c2ccc(-c3ccc(C(=O)Oc4ccc(C5O[C@@H](C(=O)OCC)[C@H](C(=O)OCC)O5)cc4)cc3)cc2)CC1. The van der Waals surface area contributed by atoms with Crippen LogP contribution in [0.15, 0.2) is 84.9 Å². The van der Waals surface area contributed by atoms with Crippen LogP contribution in [0.4, 0.5) is 0 Å². The average Bonchev–Trinajstić information content (AvgIpc) is 3.63. The van der Waals surface area contributed by atoms with Crippen LogP contribution in [0.3, 0.4) is 0 Å². The molecule has 0 aromatic heterocycles. The molecule has 1 saturated heterocycles. The molecule has 3 aromatic rings. The predicted molar refractivity (Wildman–Crippen MR) is 202 cm³/mol. The molecule has 5 rings (SSSR count). The Morgan fingerprint density at radius 3 is 1.81 bits per heavy atom. The molecule has 53 heavy (non-hydrogen) atoms. The predicted octanol–water partition coefficient (Wildman–Crippen LogP) is 9.30. The van der Waals surface area contributed by atoms with Crippen molar-refractivity contribution in [1.82, 2.24) is 0 Å². The van der Waals surface area contributed by atoms with Gasteiger partial charge in [0.2, 0.25) is 0 Å².